The van der Waals surface area contributed by atoms with E-state index >= 15 is 0 Å². The molecule has 2 aliphatic heterocycles. The number of aryl methyl sites for hydroxylation is 3. The first-order valence-corrected chi connectivity index (χ1v) is 28.4. The summed E-state index contributed by atoms with van der Waals surface area (Å²) in [5, 5.41) is 0. The molecule has 0 saturated carbocycles. The van der Waals surface area contributed by atoms with Crippen LogP contribution in [0.5, 0.6) is 0 Å². The Morgan fingerprint density at radius 3 is 0.979 bits per heavy atom. The fourth-order valence-corrected chi connectivity index (χ4v) is 40.3. The van der Waals surface area contributed by atoms with Crippen LogP contribution in [0.2, 0.25) is 0 Å². The first-order valence-electron chi connectivity index (χ1n) is 16.9. The predicted molar refractivity (Wildman–Crippen MR) is 210 cm³/mol. The van der Waals surface area contributed by atoms with E-state index in [9.17, 15) is 0 Å². The molecule has 0 atom stereocenters. The van der Waals surface area contributed by atoms with Crippen LogP contribution in [0.4, 0.5) is 17.1 Å². The van der Waals surface area contributed by atoms with Crippen LogP contribution in [0.25, 0.3) is 0 Å². The number of anilines is 3. The van der Waals surface area contributed by atoms with Crippen LogP contribution in [0.3, 0.4) is 0 Å². The van der Waals surface area contributed by atoms with Gasteiger partial charge in [0.2, 0.25) is 0 Å². The van der Waals surface area contributed by atoms with Crippen LogP contribution < -0.4 is 33.5 Å². The van der Waals surface area contributed by atoms with Crippen LogP contribution >= 0.6 is 0 Å². The monoisotopic (exact) mass is 831 g/mol. The number of nitrogens with zero attached hydrogens (tertiary/aromatic N) is 1. The fraction of sp³-hybridized carbons (Fsp3) is 0.0667. The van der Waals surface area contributed by atoms with Crippen molar-refractivity contribution in [2.45, 2.75) is 20.8 Å². The average molecular weight is 829 g/mol. The van der Waals surface area contributed by atoms with Crippen molar-refractivity contribution in [1.82, 2.24) is 0 Å². The van der Waals surface area contributed by atoms with Crippen molar-refractivity contribution in [2.75, 3.05) is 4.90 Å². The van der Waals surface area contributed by atoms with Gasteiger partial charge < -0.3 is 0 Å². The molecule has 0 bridgehead atoms. The SMILES string of the molecule is Cc1ccc2[c](c1)[Sn]([c]1ccccc1)([c]1ccccc1)[c]1cc(C)c[c]3c1N2c1ccc(C)c[c]1[Sn]3([c]1ccccc1)[c]1ccccc1. The van der Waals surface area contributed by atoms with E-state index in [2.05, 4.69) is 196 Å². The van der Waals surface area contributed by atoms with Gasteiger partial charge in [0.25, 0.3) is 0 Å². The zero-order chi connectivity index (χ0) is 32.5. The molecule has 0 radical (unpaired) electrons. The number of benzene rings is 7. The van der Waals surface area contributed by atoms with Gasteiger partial charge in [-0.2, -0.15) is 0 Å². The summed E-state index contributed by atoms with van der Waals surface area (Å²) in [6.07, 6.45) is 0. The second-order valence-corrected chi connectivity index (χ2v) is 34.9. The van der Waals surface area contributed by atoms with E-state index < -0.39 is 36.8 Å². The molecule has 0 spiro atoms. The van der Waals surface area contributed by atoms with Gasteiger partial charge in [0.05, 0.1) is 0 Å². The first-order chi connectivity index (χ1) is 23.5. The Labute approximate surface area is 292 Å². The van der Waals surface area contributed by atoms with Crippen molar-refractivity contribution >= 4 is 82.5 Å². The van der Waals surface area contributed by atoms with E-state index in [4.69, 9.17) is 0 Å². The molecular weight excluding hydrogens is 792 g/mol. The molecule has 0 unspecified atom stereocenters. The molecule has 0 aliphatic carbocycles. The van der Waals surface area contributed by atoms with Gasteiger partial charge in [-0.1, -0.05) is 0 Å². The molecule has 48 heavy (non-hydrogen) atoms. The Morgan fingerprint density at radius 2 is 0.646 bits per heavy atom. The number of hydrogen-bond acceptors (Lipinski definition) is 1. The van der Waals surface area contributed by atoms with Crippen molar-refractivity contribution in [2.24, 2.45) is 0 Å². The summed E-state index contributed by atoms with van der Waals surface area (Å²) in [6, 6.07) is 66.1. The van der Waals surface area contributed by atoms with Crippen molar-refractivity contribution < 1.29 is 0 Å². The van der Waals surface area contributed by atoms with Crippen molar-refractivity contribution in [1.29, 1.82) is 0 Å². The minimum atomic E-state index is -3.97. The molecule has 7 aromatic carbocycles. The van der Waals surface area contributed by atoms with Gasteiger partial charge in [0.15, 0.2) is 0 Å². The van der Waals surface area contributed by atoms with E-state index in [1.807, 2.05) is 0 Å². The van der Waals surface area contributed by atoms with Gasteiger partial charge >= 0.3 is 295 Å². The molecule has 0 saturated heterocycles. The van der Waals surface area contributed by atoms with Crippen LogP contribution in [-0.2, 0) is 0 Å². The van der Waals surface area contributed by atoms with Gasteiger partial charge in [-0.15, -0.1) is 0 Å². The van der Waals surface area contributed by atoms with Crippen LogP contribution in [0.1, 0.15) is 16.7 Å². The summed E-state index contributed by atoms with van der Waals surface area (Å²) in [7, 11) is 0. The topological polar surface area (TPSA) is 3.24 Å². The van der Waals surface area contributed by atoms with E-state index in [1.165, 1.54) is 48.1 Å². The molecule has 3 heteroatoms. The molecule has 0 fully saturated rings. The third-order valence-corrected chi connectivity index (χ3v) is 38.1. The molecule has 0 N–H and O–H groups in total. The molecule has 9 rings (SSSR count). The second-order valence-electron chi connectivity index (χ2n) is 13.5. The molecular formula is C45H37NSn2. The molecule has 0 aromatic heterocycles. The van der Waals surface area contributed by atoms with E-state index in [0.29, 0.717) is 0 Å². The van der Waals surface area contributed by atoms with E-state index in [0.717, 1.165) is 0 Å². The first kappa shape index (κ1) is 30.0. The Morgan fingerprint density at radius 1 is 0.333 bits per heavy atom. The van der Waals surface area contributed by atoms with Gasteiger partial charge in [-0.25, -0.2) is 0 Å². The molecule has 1 nitrogen and oxygen atoms in total. The summed E-state index contributed by atoms with van der Waals surface area (Å²) in [5.41, 5.74) is 8.17. The molecule has 2 heterocycles. The van der Waals surface area contributed by atoms with Gasteiger partial charge in [0, 0.05) is 0 Å². The third-order valence-electron chi connectivity index (χ3n) is 10.7. The summed E-state index contributed by atoms with van der Waals surface area (Å²) in [5.74, 6) is 0. The number of fused-ring (bicyclic) bond motifs is 4. The van der Waals surface area contributed by atoms with Crippen LogP contribution in [0, 0.1) is 20.8 Å². The molecule has 230 valence electrons. The predicted octanol–water partition coefficient (Wildman–Crippen LogP) is 5.46. The zero-order valence-corrected chi connectivity index (χ0v) is 33.3. The Hall–Kier alpha value is -4.06. The van der Waals surface area contributed by atoms with Crippen molar-refractivity contribution in [3.63, 3.8) is 0 Å². The van der Waals surface area contributed by atoms with Crippen molar-refractivity contribution in [3.05, 3.63) is 187 Å². The third kappa shape index (κ3) is 4.16. The zero-order valence-electron chi connectivity index (χ0n) is 27.6. The van der Waals surface area contributed by atoms with Gasteiger partial charge in [-0.3, -0.25) is 0 Å². The van der Waals surface area contributed by atoms with Crippen molar-refractivity contribution in [3.8, 4) is 0 Å². The van der Waals surface area contributed by atoms with Crippen LogP contribution in [-0.4, -0.2) is 36.8 Å². The Bertz CT molecular complexity index is 2070. The maximum absolute atomic E-state index is 3.97. The normalized spacial score (nSPS) is 14.9. The van der Waals surface area contributed by atoms with E-state index in [-0.39, 0.29) is 0 Å². The second kappa shape index (κ2) is 11.5. The fourth-order valence-electron chi connectivity index (χ4n) is 8.87. The summed E-state index contributed by atoms with van der Waals surface area (Å²) in [6.45, 7) is 6.88. The minimum absolute atomic E-state index is 1.32. The summed E-state index contributed by atoms with van der Waals surface area (Å²) < 4.78 is 12.3. The van der Waals surface area contributed by atoms with Crippen LogP contribution in [0.15, 0.2) is 170 Å². The number of hydrogen-bond donors (Lipinski definition) is 0. The van der Waals surface area contributed by atoms with Gasteiger partial charge in [0.1, 0.15) is 0 Å². The maximum atomic E-state index is 2.69. The summed E-state index contributed by atoms with van der Waals surface area (Å²) in [4.78, 5) is 2.69. The van der Waals surface area contributed by atoms with E-state index in [1.54, 1.807) is 14.3 Å². The Balaban J connectivity index is 1.55. The van der Waals surface area contributed by atoms with Gasteiger partial charge in [-0.05, 0) is 0 Å². The Kier molecular flexibility index (Phi) is 7.21. The number of rotatable bonds is 4. The average Bonchev–Trinajstić information content (AvgIpc) is 3.13. The molecule has 2 aliphatic rings. The molecule has 7 aromatic rings. The standard InChI is InChI=1S/C21H17N.4C6H5.2Sn/c1-16-4-10-19(11-5-16)22(20-12-6-17(2)7-13-20)21-14-8-18(3)9-15-21;4*1-2-4-6-5-3-1;;/h4-10,12H,1-3H3;4*1-5H;;. The summed E-state index contributed by atoms with van der Waals surface area (Å²) >= 11 is -7.94. The molecule has 0 amide bonds. The quantitative estimate of drug-likeness (QED) is 0.213.